The topological polar surface area (TPSA) is 42.0 Å². The number of amides is 1. The van der Waals surface area contributed by atoms with Crippen molar-refractivity contribution in [2.75, 3.05) is 5.75 Å². The van der Waals surface area contributed by atoms with E-state index in [-0.39, 0.29) is 17.8 Å². The molecule has 1 aromatic heterocycles. The predicted molar refractivity (Wildman–Crippen MR) is 83.4 cm³/mol. The maximum atomic E-state index is 13.6. The summed E-state index contributed by atoms with van der Waals surface area (Å²) >= 11 is 1.52. The van der Waals surface area contributed by atoms with Gasteiger partial charge in [-0.25, -0.2) is 4.39 Å². The standard InChI is InChI=1S/C16H17FN2OS/c1-12(14-4-2-3-5-15(14)17)19-16(20)11-21-10-13-6-8-18-9-7-13/h2-9,12H,10-11H2,1H3,(H,19,20). The van der Waals surface area contributed by atoms with Crippen LogP contribution in [-0.2, 0) is 10.5 Å². The summed E-state index contributed by atoms with van der Waals surface area (Å²) in [6.07, 6.45) is 3.46. The number of nitrogens with zero attached hydrogens (tertiary/aromatic N) is 1. The summed E-state index contributed by atoms with van der Waals surface area (Å²) in [5.41, 5.74) is 1.63. The molecular formula is C16H17FN2OS. The van der Waals surface area contributed by atoms with Crippen molar-refractivity contribution in [3.8, 4) is 0 Å². The van der Waals surface area contributed by atoms with Crippen LogP contribution in [0.2, 0.25) is 0 Å². The van der Waals surface area contributed by atoms with Crippen molar-refractivity contribution in [1.82, 2.24) is 10.3 Å². The SMILES string of the molecule is CC(NC(=O)CSCc1ccncc1)c1ccccc1F. The lowest BCUT2D eigenvalue weighted by molar-refractivity contribution is -0.119. The van der Waals surface area contributed by atoms with Crippen molar-refractivity contribution in [2.45, 2.75) is 18.7 Å². The Bertz CT molecular complexity index is 592. The molecule has 2 rings (SSSR count). The van der Waals surface area contributed by atoms with Gasteiger partial charge >= 0.3 is 0 Å². The first-order chi connectivity index (χ1) is 10.2. The van der Waals surface area contributed by atoms with Crippen molar-refractivity contribution in [3.05, 3.63) is 65.7 Å². The molecule has 0 radical (unpaired) electrons. The van der Waals surface area contributed by atoms with Gasteiger partial charge in [0.1, 0.15) is 5.82 Å². The van der Waals surface area contributed by atoms with Crippen LogP contribution in [-0.4, -0.2) is 16.6 Å². The number of hydrogen-bond donors (Lipinski definition) is 1. The fourth-order valence-corrected chi connectivity index (χ4v) is 2.73. The van der Waals surface area contributed by atoms with Gasteiger partial charge < -0.3 is 5.32 Å². The van der Waals surface area contributed by atoms with Crippen LogP contribution in [0.25, 0.3) is 0 Å². The Hall–Kier alpha value is -1.88. The van der Waals surface area contributed by atoms with E-state index in [2.05, 4.69) is 10.3 Å². The Morgan fingerprint density at radius 3 is 2.71 bits per heavy atom. The number of halogens is 1. The van der Waals surface area contributed by atoms with Crippen LogP contribution in [0.5, 0.6) is 0 Å². The smallest absolute Gasteiger partial charge is 0.230 e. The molecule has 1 unspecified atom stereocenters. The molecule has 0 saturated carbocycles. The third kappa shape index (κ3) is 4.86. The highest BCUT2D eigenvalue weighted by Crippen LogP contribution is 2.16. The Labute approximate surface area is 128 Å². The van der Waals surface area contributed by atoms with Gasteiger partial charge in [-0.2, -0.15) is 0 Å². The minimum atomic E-state index is -0.333. The minimum Gasteiger partial charge on any atom is -0.349 e. The molecule has 110 valence electrons. The lowest BCUT2D eigenvalue weighted by Gasteiger charge is -2.14. The quantitative estimate of drug-likeness (QED) is 0.890. The number of pyridine rings is 1. The molecule has 1 atom stereocenters. The normalized spacial score (nSPS) is 11.9. The van der Waals surface area contributed by atoms with Gasteiger partial charge in [0.05, 0.1) is 11.8 Å². The van der Waals surface area contributed by atoms with Crippen molar-refractivity contribution in [2.24, 2.45) is 0 Å². The first kappa shape index (κ1) is 15.5. The van der Waals surface area contributed by atoms with Crippen molar-refractivity contribution < 1.29 is 9.18 Å². The van der Waals surface area contributed by atoms with Crippen LogP contribution in [0.3, 0.4) is 0 Å². The molecule has 1 aromatic carbocycles. The molecule has 5 heteroatoms. The molecule has 0 bridgehead atoms. The van der Waals surface area contributed by atoms with Gasteiger partial charge in [-0.1, -0.05) is 18.2 Å². The van der Waals surface area contributed by atoms with Crippen LogP contribution in [0.1, 0.15) is 24.1 Å². The van der Waals surface area contributed by atoms with Gasteiger partial charge in [0.25, 0.3) is 0 Å². The Morgan fingerprint density at radius 1 is 1.29 bits per heavy atom. The molecule has 0 aliphatic heterocycles. The van der Waals surface area contributed by atoms with Crippen LogP contribution in [0.15, 0.2) is 48.8 Å². The monoisotopic (exact) mass is 304 g/mol. The molecule has 0 saturated heterocycles. The minimum absolute atomic E-state index is 0.0928. The largest absolute Gasteiger partial charge is 0.349 e. The number of carbonyl (C=O) groups excluding carboxylic acids is 1. The second-order valence-corrected chi connectivity index (χ2v) is 5.64. The van der Waals surface area contributed by atoms with Crippen LogP contribution in [0, 0.1) is 5.82 Å². The van der Waals surface area contributed by atoms with Gasteiger partial charge in [-0.15, -0.1) is 11.8 Å². The highest BCUT2D eigenvalue weighted by molar-refractivity contribution is 7.99. The molecule has 3 nitrogen and oxygen atoms in total. The molecule has 21 heavy (non-hydrogen) atoms. The van der Waals surface area contributed by atoms with Crippen LogP contribution >= 0.6 is 11.8 Å². The zero-order valence-electron chi connectivity index (χ0n) is 11.8. The van der Waals surface area contributed by atoms with Gasteiger partial charge in [-0.05, 0) is 30.7 Å². The molecular weight excluding hydrogens is 287 g/mol. The van der Waals surface area contributed by atoms with E-state index in [1.165, 1.54) is 17.8 Å². The maximum Gasteiger partial charge on any atom is 0.230 e. The summed E-state index contributed by atoms with van der Waals surface area (Å²) in [5.74, 6) is 0.713. The number of carbonyl (C=O) groups is 1. The maximum absolute atomic E-state index is 13.6. The molecule has 0 fully saturated rings. The highest BCUT2D eigenvalue weighted by atomic mass is 32.2. The highest BCUT2D eigenvalue weighted by Gasteiger charge is 2.12. The number of benzene rings is 1. The lowest BCUT2D eigenvalue weighted by atomic mass is 10.1. The fourth-order valence-electron chi connectivity index (χ4n) is 1.93. The Morgan fingerprint density at radius 2 is 2.00 bits per heavy atom. The first-order valence-corrected chi connectivity index (χ1v) is 7.82. The zero-order valence-corrected chi connectivity index (χ0v) is 12.6. The number of rotatable bonds is 6. The van der Waals surface area contributed by atoms with Gasteiger partial charge in [0.15, 0.2) is 0 Å². The van der Waals surface area contributed by atoms with Crippen LogP contribution < -0.4 is 5.32 Å². The number of nitrogens with one attached hydrogen (secondary N) is 1. The average Bonchev–Trinajstić information content (AvgIpc) is 2.48. The summed E-state index contributed by atoms with van der Waals surface area (Å²) in [5, 5.41) is 2.81. The molecule has 0 aliphatic carbocycles. The molecule has 0 spiro atoms. The van der Waals surface area contributed by atoms with E-state index in [1.54, 1.807) is 37.5 Å². The van der Waals surface area contributed by atoms with Crippen molar-refractivity contribution >= 4 is 17.7 Å². The summed E-state index contributed by atoms with van der Waals surface area (Å²) in [4.78, 5) is 15.8. The number of hydrogen-bond acceptors (Lipinski definition) is 3. The van der Waals surface area contributed by atoms with E-state index in [0.717, 1.165) is 11.3 Å². The summed E-state index contributed by atoms with van der Waals surface area (Å²) in [6, 6.07) is 10.00. The third-order valence-corrected chi connectivity index (χ3v) is 4.00. The third-order valence-electron chi connectivity index (χ3n) is 3.00. The Kier molecular flexibility index (Phi) is 5.75. The Balaban J connectivity index is 1.78. The van der Waals surface area contributed by atoms with Gasteiger partial charge in [0.2, 0.25) is 5.91 Å². The molecule has 2 aromatic rings. The summed E-state index contributed by atoms with van der Waals surface area (Å²) in [6.45, 7) is 1.78. The van der Waals surface area contributed by atoms with Gasteiger partial charge in [-0.3, -0.25) is 9.78 Å². The molecule has 0 aliphatic rings. The van der Waals surface area contributed by atoms with E-state index in [0.29, 0.717) is 11.3 Å². The predicted octanol–water partition coefficient (Wildman–Crippen LogP) is 3.33. The number of aromatic nitrogens is 1. The lowest BCUT2D eigenvalue weighted by Crippen LogP contribution is -2.28. The average molecular weight is 304 g/mol. The van der Waals surface area contributed by atoms with Gasteiger partial charge in [0, 0.05) is 23.7 Å². The molecule has 1 N–H and O–H groups in total. The van der Waals surface area contributed by atoms with E-state index < -0.39 is 0 Å². The van der Waals surface area contributed by atoms with E-state index in [1.807, 2.05) is 12.1 Å². The molecule has 1 amide bonds. The summed E-state index contributed by atoms with van der Waals surface area (Å²) < 4.78 is 13.6. The first-order valence-electron chi connectivity index (χ1n) is 6.67. The zero-order chi connectivity index (χ0) is 15.1. The van der Waals surface area contributed by atoms with E-state index in [4.69, 9.17) is 0 Å². The number of thioether (sulfide) groups is 1. The van der Waals surface area contributed by atoms with E-state index in [9.17, 15) is 9.18 Å². The van der Waals surface area contributed by atoms with Crippen LogP contribution in [0.4, 0.5) is 4.39 Å². The second-order valence-electron chi connectivity index (χ2n) is 4.66. The second kappa shape index (κ2) is 7.78. The van der Waals surface area contributed by atoms with E-state index >= 15 is 0 Å². The molecule has 1 heterocycles. The summed E-state index contributed by atoms with van der Waals surface area (Å²) in [7, 11) is 0. The fraction of sp³-hybridized carbons (Fsp3) is 0.250. The van der Waals surface area contributed by atoms with Crippen molar-refractivity contribution in [3.63, 3.8) is 0 Å². The van der Waals surface area contributed by atoms with Crippen molar-refractivity contribution in [1.29, 1.82) is 0 Å².